The van der Waals surface area contributed by atoms with Gasteiger partial charge < -0.3 is 25.2 Å². The lowest BCUT2D eigenvalue weighted by Crippen LogP contribution is -2.55. The fourth-order valence-electron chi connectivity index (χ4n) is 1.01. The van der Waals surface area contributed by atoms with E-state index in [1.165, 1.54) is 13.8 Å². The lowest BCUT2D eigenvalue weighted by Gasteiger charge is -2.26. The molecule has 0 aliphatic carbocycles. The van der Waals surface area contributed by atoms with Crippen molar-refractivity contribution in [3.8, 4) is 0 Å². The molecule has 0 fully saturated rings. The number of carboxylic acid groups (broad SMARTS) is 2. The quantitative estimate of drug-likeness (QED) is 0.421. The van der Waals surface area contributed by atoms with Gasteiger partial charge in [-0.15, -0.1) is 0 Å². The van der Waals surface area contributed by atoms with E-state index in [4.69, 9.17) is 10.2 Å². The van der Waals surface area contributed by atoms with Crippen LogP contribution in [-0.4, -0.2) is 56.1 Å². The van der Waals surface area contributed by atoms with Gasteiger partial charge in [-0.2, -0.15) is 0 Å². The Morgan fingerprint density at radius 2 is 1.71 bits per heavy atom. The molecule has 17 heavy (non-hydrogen) atoms. The van der Waals surface area contributed by atoms with E-state index < -0.39 is 42.1 Å². The molecule has 0 spiro atoms. The van der Waals surface area contributed by atoms with Gasteiger partial charge in [0.15, 0.2) is 6.10 Å². The number of carboxylic acids is 2. The van der Waals surface area contributed by atoms with Crippen LogP contribution in [0.1, 0.15) is 20.3 Å². The third-order valence-electron chi connectivity index (χ3n) is 1.82. The van der Waals surface area contributed by atoms with Crippen molar-refractivity contribution < 1.29 is 39.5 Å². The molecule has 0 aliphatic heterocycles. The highest BCUT2D eigenvalue weighted by Crippen LogP contribution is 2.18. The molecule has 0 heterocycles. The second kappa shape index (κ2) is 5.60. The molecule has 0 bridgehead atoms. The summed E-state index contributed by atoms with van der Waals surface area (Å²) in [6.45, 7) is 2.89. The second-order valence-corrected chi connectivity index (χ2v) is 3.69. The van der Waals surface area contributed by atoms with Crippen LogP contribution in [0.25, 0.3) is 0 Å². The second-order valence-electron chi connectivity index (χ2n) is 3.69. The van der Waals surface area contributed by atoms with Gasteiger partial charge >= 0.3 is 17.9 Å². The van der Waals surface area contributed by atoms with Crippen LogP contribution < -0.4 is 0 Å². The Labute approximate surface area is 96.4 Å². The number of aliphatic carboxylic acids is 2. The molecule has 0 aromatic rings. The van der Waals surface area contributed by atoms with Gasteiger partial charge in [0.25, 0.3) is 0 Å². The Balaban J connectivity index is 5.00. The van der Waals surface area contributed by atoms with E-state index >= 15 is 0 Å². The van der Waals surface area contributed by atoms with E-state index in [9.17, 15) is 24.6 Å². The minimum Gasteiger partial charge on any atom is -0.481 e. The van der Waals surface area contributed by atoms with Crippen molar-refractivity contribution in [1.82, 2.24) is 0 Å². The maximum Gasteiger partial charge on any atom is 0.339 e. The monoisotopic (exact) mass is 250 g/mol. The average molecular weight is 250 g/mol. The molecule has 0 radical (unpaired) electrons. The first-order valence-corrected chi connectivity index (χ1v) is 4.67. The summed E-state index contributed by atoms with van der Waals surface area (Å²) in [6.07, 6.45) is -4.44. The summed E-state index contributed by atoms with van der Waals surface area (Å²) >= 11 is 0. The molecule has 0 aliphatic rings. The van der Waals surface area contributed by atoms with Crippen LogP contribution >= 0.6 is 0 Å². The predicted molar refractivity (Wildman–Crippen MR) is 52.1 cm³/mol. The van der Waals surface area contributed by atoms with E-state index in [-0.39, 0.29) is 0 Å². The number of hydrogen-bond acceptors (Lipinski definition) is 6. The van der Waals surface area contributed by atoms with Crippen molar-refractivity contribution in [3.05, 3.63) is 0 Å². The predicted octanol–water partition coefficient (Wildman–Crippen LogP) is -1.41. The molecule has 0 aromatic carbocycles. The van der Waals surface area contributed by atoms with Crippen LogP contribution in [0.2, 0.25) is 0 Å². The van der Waals surface area contributed by atoms with Crippen molar-refractivity contribution in [2.75, 3.05) is 0 Å². The Morgan fingerprint density at radius 3 is 2.00 bits per heavy atom. The minimum atomic E-state index is -3.11. The molecular formula is C9H14O8. The van der Waals surface area contributed by atoms with Gasteiger partial charge in [-0.1, -0.05) is 0 Å². The Hall–Kier alpha value is -1.67. The topological polar surface area (TPSA) is 141 Å². The Morgan fingerprint density at radius 1 is 1.24 bits per heavy atom. The SMILES string of the molecule is CC(C)OC(=O)[C@@H](O)[C@](O)(CC(=O)O)C(=O)O. The molecule has 8 heteroatoms. The zero-order chi connectivity index (χ0) is 13.8. The van der Waals surface area contributed by atoms with E-state index in [1.807, 2.05) is 0 Å². The van der Waals surface area contributed by atoms with Gasteiger partial charge in [-0.05, 0) is 13.8 Å². The molecule has 0 amide bonds. The van der Waals surface area contributed by atoms with Crippen LogP contribution in [0.3, 0.4) is 0 Å². The van der Waals surface area contributed by atoms with Gasteiger partial charge in [0.2, 0.25) is 5.60 Å². The maximum absolute atomic E-state index is 11.2. The van der Waals surface area contributed by atoms with Crippen molar-refractivity contribution in [2.45, 2.75) is 38.1 Å². The van der Waals surface area contributed by atoms with Gasteiger partial charge in [-0.3, -0.25) is 4.79 Å². The van der Waals surface area contributed by atoms with Crippen LogP contribution in [0.5, 0.6) is 0 Å². The van der Waals surface area contributed by atoms with Crippen molar-refractivity contribution >= 4 is 17.9 Å². The Kier molecular flexibility index (Phi) is 5.05. The number of aliphatic hydroxyl groups excluding tert-OH is 1. The summed E-state index contributed by atoms with van der Waals surface area (Å²) in [5, 5.41) is 35.9. The average Bonchev–Trinajstić information content (AvgIpc) is 2.13. The highest BCUT2D eigenvalue weighted by atomic mass is 16.6. The summed E-state index contributed by atoms with van der Waals surface area (Å²) in [4.78, 5) is 32.3. The van der Waals surface area contributed by atoms with Crippen LogP contribution in [0.4, 0.5) is 0 Å². The van der Waals surface area contributed by atoms with Crippen molar-refractivity contribution in [2.24, 2.45) is 0 Å². The van der Waals surface area contributed by atoms with Crippen molar-refractivity contribution in [3.63, 3.8) is 0 Å². The number of carbonyl (C=O) groups excluding carboxylic acids is 1. The molecule has 0 saturated heterocycles. The normalized spacial score (nSPS) is 16.1. The van der Waals surface area contributed by atoms with Gasteiger partial charge in [0.1, 0.15) is 0 Å². The molecule has 4 N–H and O–H groups in total. The lowest BCUT2D eigenvalue weighted by atomic mass is 9.93. The summed E-state index contributed by atoms with van der Waals surface area (Å²) < 4.78 is 4.48. The fraction of sp³-hybridized carbons (Fsp3) is 0.667. The van der Waals surface area contributed by atoms with Crippen LogP contribution in [0.15, 0.2) is 0 Å². The molecular weight excluding hydrogens is 236 g/mol. The first-order valence-electron chi connectivity index (χ1n) is 4.67. The molecule has 2 atom stereocenters. The van der Waals surface area contributed by atoms with Gasteiger partial charge in [0.05, 0.1) is 12.5 Å². The fourth-order valence-corrected chi connectivity index (χ4v) is 1.01. The number of esters is 1. The van der Waals surface area contributed by atoms with Crippen LogP contribution in [-0.2, 0) is 19.1 Å². The first kappa shape index (κ1) is 15.3. The van der Waals surface area contributed by atoms with E-state index in [0.29, 0.717) is 0 Å². The zero-order valence-electron chi connectivity index (χ0n) is 9.28. The van der Waals surface area contributed by atoms with E-state index in [2.05, 4.69) is 4.74 Å². The number of aliphatic hydroxyl groups is 2. The molecule has 0 aromatic heterocycles. The first-order chi connectivity index (χ1) is 7.61. The largest absolute Gasteiger partial charge is 0.481 e. The number of carbonyl (C=O) groups is 3. The van der Waals surface area contributed by atoms with Crippen LogP contribution in [0, 0.1) is 0 Å². The minimum absolute atomic E-state index is 0.639. The highest BCUT2D eigenvalue weighted by Gasteiger charge is 2.50. The third kappa shape index (κ3) is 4.00. The van der Waals surface area contributed by atoms with Crippen molar-refractivity contribution in [1.29, 1.82) is 0 Å². The molecule has 8 nitrogen and oxygen atoms in total. The van der Waals surface area contributed by atoms with E-state index in [0.717, 1.165) is 0 Å². The number of ether oxygens (including phenoxy) is 1. The molecule has 0 unspecified atom stereocenters. The Bertz CT molecular complexity index is 323. The highest BCUT2D eigenvalue weighted by molar-refractivity contribution is 5.91. The molecule has 0 saturated carbocycles. The van der Waals surface area contributed by atoms with E-state index in [1.54, 1.807) is 0 Å². The number of rotatable bonds is 6. The molecule has 98 valence electrons. The summed E-state index contributed by atoms with van der Waals surface area (Å²) in [5.74, 6) is -5.09. The smallest absolute Gasteiger partial charge is 0.339 e. The maximum atomic E-state index is 11.2. The summed E-state index contributed by atoms with van der Waals surface area (Å²) in [7, 11) is 0. The van der Waals surface area contributed by atoms with Gasteiger partial charge in [-0.25, -0.2) is 9.59 Å². The standard InChI is InChI=1S/C9H14O8/c1-4(2)17-7(13)6(12)9(16,8(14)15)3-5(10)11/h4,6,12,16H,3H2,1-2H3,(H,10,11)(H,14,15)/t6-,9-/m1/s1. The zero-order valence-corrected chi connectivity index (χ0v) is 9.28. The lowest BCUT2D eigenvalue weighted by molar-refractivity contribution is -0.191. The number of hydrogen-bond donors (Lipinski definition) is 4. The third-order valence-corrected chi connectivity index (χ3v) is 1.82. The molecule has 0 rings (SSSR count). The summed E-state index contributed by atoms with van der Waals surface area (Å²) in [6, 6.07) is 0. The summed E-state index contributed by atoms with van der Waals surface area (Å²) in [5.41, 5.74) is -3.11. The van der Waals surface area contributed by atoms with Gasteiger partial charge in [0, 0.05) is 0 Å².